The predicted octanol–water partition coefficient (Wildman–Crippen LogP) is 2.04. The molecule has 3 unspecified atom stereocenters. The number of rotatable bonds is 2. The summed E-state index contributed by atoms with van der Waals surface area (Å²) in [5, 5.41) is 0. The van der Waals surface area contributed by atoms with E-state index in [2.05, 4.69) is 4.98 Å². The Balaban J connectivity index is 1.82. The van der Waals surface area contributed by atoms with Gasteiger partial charge in [0, 0.05) is 5.92 Å². The molecule has 2 aliphatic rings. The lowest BCUT2D eigenvalue weighted by Crippen LogP contribution is -2.07. The molecule has 3 nitrogen and oxygen atoms in total. The van der Waals surface area contributed by atoms with Crippen molar-refractivity contribution in [1.82, 2.24) is 4.98 Å². The van der Waals surface area contributed by atoms with Gasteiger partial charge in [0.1, 0.15) is 5.76 Å². The maximum absolute atomic E-state index is 5.63. The van der Waals surface area contributed by atoms with Gasteiger partial charge in [-0.2, -0.15) is 0 Å². The van der Waals surface area contributed by atoms with Gasteiger partial charge in [0.2, 0.25) is 5.89 Å². The molecule has 0 aliphatic heterocycles. The van der Waals surface area contributed by atoms with Gasteiger partial charge in [-0.25, -0.2) is 4.98 Å². The fourth-order valence-electron chi connectivity index (χ4n) is 3.18. The molecule has 3 atom stereocenters. The van der Waals surface area contributed by atoms with E-state index in [9.17, 15) is 0 Å². The monoisotopic (exact) mass is 192 g/mol. The molecule has 0 radical (unpaired) electrons. The zero-order valence-corrected chi connectivity index (χ0v) is 8.28. The summed E-state index contributed by atoms with van der Waals surface area (Å²) in [5.74, 6) is 4.22. The number of nitrogens with two attached hydrogens (primary N) is 1. The van der Waals surface area contributed by atoms with Crippen molar-refractivity contribution in [2.45, 2.75) is 38.1 Å². The first-order valence-corrected chi connectivity index (χ1v) is 5.51. The molecule has 14 heavy (non-hydrogen) atoms. The molecule has 3 heteroatoms. The van der Waals surface area contributed by atoms with E-state index in [-0.39, 0.29) is 0 Å². The summed E-state index contributed by atoms with van der Waals surface area (Å²) < 4.78 is 5.63. The number of aromatic nitrogens is 1. The van der Waals surface area contributed by atoms with Gasteiger partial charge in [0.25, 0.3) is 0 Å². The topological polar surface area (TPSA) is 52.0 Å². The molecule has 0 saturated heterocycles. The zero-order chi connectivity index (χ0) is 9.54. The van der Waals surface area contributed by atoms with Crippen LogP contribution in [0.1, 0.15) is 43.3 Å². The molecular formula is C11H16N2O. The Labute approximate surface area is 83.7 Å². The zero-order valence-electron chi connectivity index (χ0n) is 8.28. The molecule has 0 amide bonds. The van der Waals surface area contributed by atoms with E-state index >= 15 is 0 Å². The van der Waals surface area contributed by atoms with Crippen LogP contribution in [0.15, 0.2) is 10.6 Å². The molecule has 3 rings (SSSR count). The summed E-state index contributed by atoms with van der Waals surface area (Å²) >= 11 is 0. The summed E-state index contributed by atoms with van der Waals surface area (Å²) in [7, 11) is 0. The number of oxazole rings is 1. The molecule has 0 spiro atoms. The third-order valence-electron chi connectivity index (χ3n) is 3.85. The highest BCUT2D eigenvalue weighted by Gasteiger charge is 2.41. The highest BCUT2D eigenvalue weighted by Crippen LogP contribution is 2.52. The minimum absolute atomic E-state index is 0.417. The van der Waals surface area contributed by atoms with E-state index in [1.807, 2.05) is 6.20 Å². The average molecular weight is 192 g/mol. The smallest absolute Gasteiger partial charge is 0.208 e. The van der Waals surface area contributed by atoms with Gasteiger partial charge in [-0.1, -0.05) is 6.42 Å². The van der Waals surface area contributed by atoms with Gasteiger partial charge in [-0.15, -0.1) is 0 Å². The summed E-state index contributed by atoms with van der Waals surface area (Å²) in [6, 6.07) is 0. The number of fused-ring (bicyclic) bond motifs is 2. The third kappa shape index (κ3) is 1.19. The summed E-state index contributed by atoms with van der Waals surface area (Å²) in [6.45, 7) is 0.417. The SMILES string of the molecule is NCc1ncc(C2CC3CCC2C3)o1. The van der Waals surface area contributed by atoms with Gasteiger partial charge in [0.05, 0.1) is 12.7 Å². The minimum Gasteiger partial charge on any atom is -0.444 e. The van der Waals surface area contributed by atoms with Gasteiger partial charge >= 0.3 is 0 Å². The highest BCUT2D eigenvalue weighted by atomic mass is 16.4. The second-order valence-corrected chi connectivity index (χ2v) is 4.64. The van der Waals surface area contributed by atoms with Crippen LogP contribution in [0.2, 0.25) is 0 Å². The van der Waals surface area contributed by atoms with Crippen molar-refractivity contribution in [2.75, 3.05) is 0 Å². The fraction of sp³-hybridized carbons (Fsp3) is 0.727. The quantitative estimate of drug-likeness (QED) is 0.780. The van der Waals surface area contributed by atoms with E-state index in [4.69, 9.17) is 10.2 Å². The lowest BCUT2D eigenvalue weighted by molar-refractivity contribution is 0.344. The summed E-state index contributed by atoms with van der Waals surface area (Å²) in [6.07, 6.45) is 7.41. The van der Waals surface area contributed by atoms with Crippen LogP contribution in [0.3, 0.4) is 0 Å². The van der Waals surface area contributed by atoms with Gasteiger partial charge in [-0.3, -0.25) is 0 Å². The Kier molecular flexibility index (Phi) is 1.87. The van der Waals surface area contributed by atoms with Crippen molar-refractivity contribution in [3.8, 4) is 0 Å². The lowest BCUT2D eigenvalue weighted by Gasteiger charge is -2.18. The molecule has 1 aromatic rings. The Bertz CT molecular complexity index is 334. The maximum atomic E-state index is 5.63. The number of hydrogen-bond donors (Lipinski definition) is 1. The van der Waals surface area contributed by atoms with Crippen LogP contribution in [0.25, 0.3) is 0 Å². The highest BCUT2D eigenvalue weighted by molar-refractivity contribution is 5.10. The van der Waals surface area contributed by atoms with E-state index in [1.165, 1.54) is 25.7 Å². The first kappa shape index (κ1) is 8.48. The van der Waals surface area contributed by atoms with E-state index < -0.39 is 0 Å². The Morgan fingerprint density at radius 1 is 1.43 bits per heavy atom. The predicted molar refractivity (Wildman–Crippen MR) is 52.6 cm³/mol. The lowest BCUT2D eigenvalue weighted by atomic mass is 9.87. The Morgan fingerprint density at radius 2 is 2.36 bits per heavy atom. The normalized spacial score (nSPS) is 35.4. The summed E-state index contributed by atoms with van der Waals surface area (Å²) in [4.78, 5) is 4.17. The van der Waals surface area contributed by atoms with Crippen molar-refractivity contribution in [3.05, 3.63) is 17.8 Å². The Morgan fingerprint density at radius 3 is 2.93 bits per heavy atom. The number of nitrogens with zero attached hydrogens (tertiary/aromatic N) is 1. The second-order valence-electron chi connectivity index (χ2n) is 4.64. The molecule has 1 aromatic heterocycles. The molecule has 2 N–H and O–H groups in total. The molecule has 2 fully saturated rings. The molecule has 2 aliphatic carbocycles. The third-order valence-corrected chi connectivity index (χ3v) is 3.85. The molecular weight excluding hydrogens is 176 g/mol. The van der Waals surface area contributed by atoms with Crippen LogP contribution in [0.4, 0.5) is 0 Å². The number of hydrogen-bond acceptors (Lipinski definition) is 3. The second kappa shape index (κ2) is 3.09. The maximum Gasteiger partial charge on any atom is 0.208 e. The van der Waals surface area contributed by atoms with Crippen molar-refractivity contribution in [2.24, 2.45) is 17.6 Å². The van der Waals surface area contributed by atoms with Crippen molar-refractivity contribution < 1.29 is 4.42 Å². The van der Waals surface area contributed by atoms with Crippen LogP contribution in [0, 0.1) is 11.8 Å². The van der Waals surface area contributed by atoms with Crippen LogP contribution in [0.5, 0.6) is 0 Å². The first-order chi connectivity index (χ1) is 6.86. The van der Waals surface area contributed by atoms with Gasteiger partial charge in [0.15, 0.2) is 0 Å². The van der Waals surface area contributed by atoms with E-state index in [0.717, 1.165) is 17.6 Å². The minimum atomic E-state index is 0.417. The standard InChI is InChI=1S/C11H16N2O/c12-5-11-13-6-10(14-11)9-4-7-1-2-8(9)3-7/h6-9H,1-5,12H2. The first-order valence-electron chi connectivity index (χ1n) is 5.51. The molecule has 0 aromatic carbocycles. The largest absolute Gasteiger partial charge is 0.444 e. The van der Waals surface area contributed by atoms with Crippen LogP contribution >= 0.6 is 0 Å². The average Bonchev–Trinajstić information content (AvgIpc) is 2.93. The molecule has 2 bridgehead atoms. The van der Waals surface area contributed by atoms with Crippen molar-refractivity contribution >= 4 is 0 Å². The summed E-state index contributed by atoms with van der Waals surface area (Å²) in [5.41, 5.74) is 5.48. The van der Waals surface area contributed by atoms with Crippen LogP contribution in [-0.2, 0) is 6.54 Å². The fourth-order valence-corrected chi connectivity index (χ4v) is 3.18. The van der Waals surface area contributed by atoms with Crippen molar-refractivity contribution in [1.29, 1.82) is 0 Å². The molecule has 76 valence electrons. The van der Waals surface area contributed by atoms with Gasteiger partial charge in [-0.05, 0) is 31.1 Å². The Hall–Kier alpha value is -0.830. The van der Waals surface area contributed by atoms with Crippen molar-refractivity contribution in [3.63, 3.8) is 0 Å². The van der Waals surface area contributed by atoms with Crippen LogP contribution < -0.4 is 5.73 Å². The van der Waals surface area contributed by atoms with E-state index in [0.29, 0.717) is 18.4 Å². The molecule has 1 heterocycles. The van der Waals surface area contributed by atoms with E-state index in [1.54, 1.807) is 0 Å². The van der Waals surface area contributed by atoms with Gasteiger partial charge < -0.3 is 10.2 Å². The molecule has 2 saturated carbocycles. The van der Waals surface area contributed by atoms with Crippen LogP contribution in [-0.4, -0.2) is 4.98 Å².